The maximum absolute atomic E-state index is 7.20. The zero-order valence-corrected chi connectivity index (χ0v) is 40.8. The Balaban J connectivity index is 1.17. The number of aromatic nitrogens is 1. The van der Waals surface area contributed by atoms with E-state index in [1.54, 1.807) is 0 Å². The van der Waals surface area contributed by atoms with Gasteiger partial charge < -0.3 is 18.8 Å². The van der Waals surface area contributed by atoms with E-state index in [1.165, 1.54) is 83.3 Å². The second-order valence-electron chi connectivity index (χ2n) is 22.3. The summed E-state index contributed by atoms with van der Waals surface area (Å²) in [6.07, 6.45) is 0. The molecule has 0 bridgehead atoms. The van der Waals surface area contributed by atoms with Gasteiger partial charge in [0, 0.05) is 72.5 Å². The van der Waals surface area contributed by atoms with Crippen LogP contribution in [0.1, 0.15) is 88.9 Å². The first-order chi connectivity index (χ1) is 32.6. The van der Waals surface area contributed by atoms with Crippen LogP contribution in [0.5, 0.6) is 0 Å². The lowest BCUT2D eigenvalue weighted by Crippen LogP contribution is -2.60. The van der Waals surface area contributed by atoms with Crippen LogP contribution in [0.3, 0.4) is 0 Å². The quantitative estimate of drug-likeness (QED) is 0.165. The van der Waals surface area contributed by atoms with Gasteiger partial charge >= 0.3 is 0 Å². The first-order valence-electron chi connectivity index (χ1n) is 24.4. The van der Waals surface area contributed by atoms with Crippen LogP contribution in [0.25, 0.3) is 49.7 Å². The zero-order valence-electron chi connectivity index (χ0n) is 40.8. The Kier molecular flexibility index (Phi) is 8.39. The molecule has 0 unspecified atom stereocenters. The van der Waals surface area contributed by atoms with Gasteiger partial charge in [-0.05, 0) is 123 Å². The second kappa shape index (κ2) is 13.9. The Morgan fingerprint density at radius 1 is 0.544 bits per heavy atom. The molecule has 0 saturated heterocycles. The molecule has 13 rings (SSSR count). The molecule has 2 aromatic heterocycles. The topological polar surface area (TPSA) is 24.6 Å². The molecule has 0 spiro atoms. The Bertz CT molecular complexity index is 3750. The number of anilines is 6. The normalized spacial score (nSPS) is 14.4. The first-order valence-corrected chi connectivity index (χ1v) is 24.4. The van der Waals surface area contributed by atoms with Gasteiger partial charge in [0.05, 0.1) is 5.69 Å². The van der Waals surface area contributed by atoms with Crippen LogP contribution in [-0.2, 0) is 16.2 Å². The van der Waals surface area contributed by atoms with Crippen molar-refractivity contribution in [3.8, 4) is 16.8 Å². The summed E-state index contributed by atoms with van der Waals surface area (Å²) in [4.78, 5) is 5.03. The van der Waals surface area contributed by atoms with Crippen LogP contribution in [0, 0.1) is 13.8 Å². The van der Waals surface area contributed by atoms with Crippen LogP contribution in [0.4, 0.5) is 34.1 Å². The molecule has 1 aliphatic carbocycles. The lowest BCUT2D eigenvalue weighted by atomic mass is 9.33. The summed E-state index contributed by atoms with van der Waals surface area (Å²) in [6, 6.07) is 59.6. The number of nitrogens with zero attached hydrogens (tertiary/aromatic N) is 3. The molecule has 0 N–H and O–H groups in total. The van der Waals surface area contributed by atoms with E-state index in [0.29, 0.717) is 0 Å². The maximum Gasteiger partial charge on any atom is 0.252 e. The monoisotopic (exact) mass is 881 g/mol. The molecule has 3 aliphatic rings. The van der Waals surface area contributed by atoms with Crippen molar-refractivity contribution < 1.29 is 4.42 Å². The molecular weight excluding hydrogens is 826 g/mol. The van der Waals surface area contributed by atoms with E-state index < -0.39 is 0 Å². The van der Waals surface area contributed by atoms with E-state index in [9.17, 15) is 0 Å². The summed E-state index contributed by atoms with van der Waals surface area (Å²) in [6.45, 7) is 23.2. The van der Waals surface area contributed by atoms with Gasteiger partial charge in [-0.15, -0.1) is 0 Å². The summed E-state index contributed by atoms with van der Waals surface area (Å²) in [5.41, 5.74) is 25.3. The summed E-state index contributed by atoms with van der Waals surface area (Å²) < 4.78 is 9.89. The Labute approximate surface area is 400 Å². The molecule has 0 fully saturated rings. The van der Waals surface area contributed by atoms with Crippen molar-refractivity contribution in [3.05, 3.63) is 191 Å². The summed E-state index contributed by atoms with van der Waals surface area (Å²) in [7, 11) is 0. The van der Waals surface area contributed by atoms with Gasteiger partial charge in [0.25, 0.3) is 6.71 Å². The smallest absolute Gasteiger partial charge is 0.252 e. The number of benzene rings is 8. The van der Waals surface area contributed by atoms with Gasteiger partial charge in [0.2, 0.25) is 0 Å². The van der Waals surface area contributed by atoms with Crippen molar-refractivity contribution in [3.63, 3.8) is 0 Å². The highest BCUT2D eigenvalue weighted by Crippen LogP contribution is 2.55. The average Bonchev–Trinajstić information content (AvgIpc) is 3.95. The fourth-order valence-electron chi connectivity index (χ4n) is 12.2. The van der Waals surface area contributed by atoms with Crippen molar-refractivity contribution in [1.29, 1.82) is 0 Å². The van der Waals surface area contributed by atoms with Gasteiger partial charge in [0.15, 0.2) is 5.58 Å². The summed E-state index contributed by atoms with van der Waals surface area (Å²) >= 11 is 0. The third kappa shape index (κ3) is 5.56. The van der Waals surface area contributed by atoms with Crippen molar-refractivity contribution in [1.82, 2.24) is 4.57 Å². The Hall–Kier alpha value is -7.24. The number of hydrogen-bond acceptors (Lipinski definition) is 3. The predicted molar refractivity (Wildman–Crippen MR) is 289 cm³/mol. The SMILES string of the molecule is Cc1ccccc1N(c1ccc2c(c1)N(c1cccc3c1oc1cc(C(C)(C)C)ccc13)c1cc(C(C)(C)C)cc3c1B2c1cccc2c4c(n-3c12)C(C)(C)c1ccccc1-4)c1ccccc1C. The van der Waals surface area contributed by atoms with E-state index >= 15 is 0 Å². The molecule has 0 radical (unpaired) electrons. The van der Waals surface area contributed by atoms with E-state index in [1.807, 2.05) is 0 Å². The highest BCUT2D eigenvalue weighted by atomic mass is 16.3. The van der Waals surface area contributed by atoms with Crippen LogP contribution in [0.2, 0.25) is 0 Å². The number of para-hydroxylation sites is 4. The lowest BCUT2D eigenvalue weighted by molar-refractivity contribution is 0.587. The van der Waals surface area contributed by atoms with Crippen molar-refractivity contribution in [2.45, 2.75) is 85.5 Å². The minimum absolute atomic E-state index is 0.0178. The highest BCUT2D eigenvalue weighted by molar-refractivity contribution is 7.00. The molecule has 8 aromatic carbocycles. The Morgan fingerprint density at radius 3 is 1.93 bits per heavy atom. The van der Waals surface area contributed by atoms with E-state index in [-0.39, 0.29) is 23.0 Å². The maximum atomic E-state index is 7.20. The zero-order chi connectivity index (χ0) is 46.8. The van der Waals surface area contributed by atoms with Crippen molar-refractivity contribution in [2.75, 3.05) is 9.80 Å². The first kappa shape index (κ1) is 41.0. The number of rotatable bonds is 4. The molecule has 5 heteroatoms. The fraction of sp³-hybridized carbons (Fsp3) is 0.206. The van der Waals surface area contributed by atoms with Crippen LogP contribution in [0.15, 0.2) is 162 Å². The second-order valence-corrected chi connectivity index (χ2v) is 22.3. The average molecular weight is 882 g/mol. The highest BCUT2D eigenvalue weighted by Gasteiger charge is 2.48. The van der Waals surface area contributed by atoms with Gasteiger partial charge in [-0.1, -0.05) is 165 Å². The molecule has 68 heavy (non-hydrogen) atoms. The van der Waals surface area contributed by atoms with Crippen LogP contribution in [-0.4, -0.2) is 11.3 Å². The van der Waals surface area contributed by atoms with Gasteiger partial charge in [0.1, 0.15) is 5.58 Å². The van der Waals surface area contributed by atoms with E-state index in [2.05, 4.69) is 241 Å². The molecular formula is C63H56BN3O. The number of furan rings is 1. The molecule has 0 saturated carbocycles. The third-order valence-electron chi connectivity index (χ3n) is 15.7. The molecule has 4 nitrogen and oxygen atoms in total. The van der Waals surface area contributed by atoms with Crippen LogP contribution < -0.4 is 26.2 Å². The van der Waals surface area contributed by atoms with Crippen molar-refractivity contribution in [2.24, 2.45) is 0 Å². The van der Waals surface area contributed by atoms with Gasteiger partial charge in [-0.25, -0.2) is 0 Å². The van der Waals surface area contributed by atoms with Gasteiger partial charge in [-0.3, -0.25) is 0 Å². The standard InChI is InChI=1S/C63H56BN3O/c1-37-19-11-15-26-49(37)65(50-27-16-12-20-38(50)2)41-30-32-47-52(36-41)66(51-28-18-22-43-42-31-29-39(61(3,4)5)35-55(42)68-59(43)51)53-33-40(62(6,7)8)34-54-57(53)64(47)48-25-17-23-45-56-44-21-13-14-24-46(44)63(9,10)60(56)67(54)58(45)48/h11-36H,1-10H3. The number of aryl methyl sites for hydroxylation is 2. The summed E-state index contributed by atoms with van der Waals surface area (Å²) in [5.74, 6) is 0. The number of fused-ring (bicyclic) bond motifs is 12. The van der Waals surface area contributed by atoms with Gasteiger partial charge in [-0.2, -0.15) is 0 Å². The number of hydrogen-bond donors (Lipinski definition) is 0. The molecule has 2 aliphatic heterocycles. The Morgan fingerprint density at radius 2 is 1.21 bits per heavy atom. The van der Waals surface area contributed by atoms with Crippen molar-refractivity contribution >= 4 is 90.1 Å². The molecule has 0 amide bonds. The largest absolute Gasteiger partial charge is 0.454 e. The predicted octanol–water partition coefficient (Wildman–Crippen LogP) is 15.1. The van der Waals surface area contributed by atoms with E-state index in [0.717, 1.165) is 50.4 Å². The lowest BCUT2D eigenvalue weighted by Gasteiger charge is -2.42. The third-order valence-corrected chi connectivity index (χ3v) is 15.7. The minimum Gasteiger partial charge on any atom is -0.454 e. The van der Waals surface area contributed by atoms with E-state index in [4.69, 9.17) is 4.42 Å². The molecule has 332 valence electrons. The fourth-order valence-corrected chi connectivity index (χ4v) is 12.2. The summed E-state index contributed by atoms with van der Waals surface area (Å²) in [5, 5.41) is 3.58. The van der Waals surface area contributed by atoms with Crippen LogP contribution >= 0.6 is 0 Å². The minimum atomic E-state index is -0.221. The molecule has 0 atom stereocenters. The molecule has 10 aromatic rings. The molecule has 4 heterocycles.